The topological polar surface area (TPSA) is 60.8 Å². The number of hydrogen-bond donors (Lipinski definition) is 2. The van der Waals surface area contributed by atoms with Crippen LogP contribution in [0.5, 0.6) is 5.75 Å². The monoisotopic (exact) mass is 653 g/mol. The van der Waals surface area contributed by atoms with Gasteiger partial charge in [-0.3, -0.25) is 4.79 Å². The predicted octanol–water partition coefficient (Wildman–Crippen LogP) is 10.1. The fourth-order valence-corrected chi connectivity index (χ4v) is 11.0. The van der Waals surface area contributed by atoms with E-state index in [1.165, 1.54) is 48.4 Å². The number of rotatable bonds is 10. The summed E-state index contributed by atoms with van der Waals surface area (Å²) >= 11 is 0. The Labute approximate surface area is 287 Å². The molecular formula is C43H56FNO3. The molecule has 0 aromatic heterocycles. The first kappa shape index (κ1) is 33.6. The number of carbonyl (C=O) groups is 1. The Bertz CT molecular complexity index is 1600. The van der Waals surface area contributed by atoms with Gasteiger partial charge in [0.05, 0.1) is 6.10 Å². The molecular weight excluding hydrogens is 597 g/mol. The average Bonchev–Trinajstić information content (AvgIpc) is 3.38. The lowest BCUT2D eigenvalue weighted by Crippen LogP contribution is -2.51. The third-order valence-electron chi connectivity index (χ3n) is 13.4. The summed E-state index contributed by atoms with van der Waals surface area (Å²) in [5.41, 5.74) is 4.29. The Morgan fingerprint density at radius 3 is 2.56 bits per heavy atom. The molecule has 7 atom stereocenters. The maximum atomic E-state index is 16.2. The molecule has 0 aliphatic heterocycles. The SMILES string of the molecule is CC(=O)N(CC1CCCCC1)c1ccc2ccccc2c1CCCCCC[C@@H]1Cc2cc(O)ccc2[C@@H]2[C@@H]1[C@@H]1CC[C@H](O)[C@@]1(C)C[C@@H]2F. The first-order chi connectivity index (χ1) is 23.2. The smallest absolute Gasteiger partial charge is 0.223 e. The predicted molar refractivity (Wildman–Crippen MR) is 193 cm³/mol. The molecule has 4 nitrogen and oxygen atoms in total. The molecule has 0 saturated heterocycles. The van der Waals surface area contributed by atoms with E-state index in [9.17, 15) is 15.0 Å². The van der Waals surface area contributed by atoms with Crippen molar-refractivity contribution in [2.24, 2.45) is 29.1 Å². The van der Waals surface area contributed by atoms with Gasteiger partial charge in [0.1, 0.15) is 11.9 Å². The summed E-state index contributed by atoms with van der Waals surface area (Å²) in [5.74, 6) is 1.82. The summed E-state index contributed by atoms with van der Waals surface area (Å²) in [6.45, 7) is 4.69. The van der Waals surface area contributed by atoms with Gasteiger partial charge >= 0.3 is 0 Å². The highest BCUT2D eigenvalue weighted by Gasteiger charge is 2.59. The van der Waals surface area contributed by atoms with E-state index in [1.807, 2.05) is 12.1 Å². The van der Waals surface area contributed by atoms with Crippen molar-refractivity contribution in [1.82, 2.24) is 0 Å². The highest BCUT2D eigenvalue weighted by Crippen LogP contribution is 2.63. The zero-order chi connectivity index (χ0) is 33.4. The van der Waals surface area contributed by atoms with Crippen molar-refractivity contribution in [3.8, 4) is 5.75 Å². The van der Waals surface area contributed by atoms with E-state index in [2.05, 4.69) is 48.2 Å². The number of anilines is 1. The third-order valence-corrected chi connectivity index (χ3v) is 13.4. The van der Waals surface area contributed by atoms with Crippen LogP contribution in [0, 0.1) is 29.1 Å². The van der Waals surface area contributed by atoms with E-state index in [1.54, 1.807) is 13.0 Å². The highest BCUT2D eigenvalue weighted by atomic mass is 19.1. The molecule has 5 heteroatoms. The van der Waals surface area contributed by atoms with Gasteiger partial charge in [-0.05, 0) is 133 Å². The summed E-state index contributed by atoms with van der Waals surface area (Å²) in [6.07, 6.45) is 14.5. The van der Waals surface area contributed by atoms with E-state index in [4.69, 9.17) is 0 Å². The van der Waals surface area contributed by atoms with Crippen molar-refractivity contribution in [2.45, 2.75) is 128 Å². The standard InChI is InChI=1S/C43H56FNO3/c1-28(46)45(27-29-12-6-5-7-13-29)39-22-18-30-14-10-11-16-34(30)36(39)17-9-4-3-8-15-31-24-32-25-33(47)19-20-35(32)42-38(44)26-43(2)37(41(31)42)21-23-40(43)48/h10-11,14,16,18-20,22,25,29,31,37-38,40-42,47-48H,3-9,12-13,15,17,21,23-24,26-27H2,1-2H3/t31-,37+,38+,40+,41+,42+,43+/m1/s1. The first-order valence-electron chi connectivity index (χ1n) is 19.2. The summed E-state index contributed by atoms with van der Waals surface area (Å²) in [5, 5.41) is 23.8. The maximum absolute atomic E-state index is 16.2. The van der Waals surface area contributed by atoms with Crippen molar-refractivity contribution in [3.63, 3.8) is 0 Å². The Balaban J connectivity index is 1.04. The number of benzene rings is 3. The van der Waals surface area contributed by atoms with Crippen LogP contribution in [0.3, 0.4) is 0 Å². The van der Waals surface area contributed by atoms with Gasteiger partial charge in [0.2, 0.25) is 5.91 Å². The van der Waals surface area contributed by atoms with E-state index in [0.717, 1.165) is 81.1 Å². The summed E-state index contributed by atoms with van der Waals surface area (Å²) in [4.78, 5) is 15.1. The summed E-state index contributed by atoms with van der Waals surface area (Å²) in [6, 6.07) is 18.6. The number of amides is 1. The number of halogens is 1. The van der Waals surface area contributed by atoms with Gasteiger partial charge in [0.25, 0.3) is 0 Å². The van der Waals surface area contributed by atoms with Gasteiger partial charge in [-0.1, -0.05) is 81.8 Å². The molecule has 4 aliphatic carbocycles. The van der Waals surface area contributed by atoms with Crippen LogP contribution in [-0.4, -0.2) is 34.9 Å². The molecule has 0 radical (unpaired) electrons. The summed E-state index contributed by atoms with van der Waals surface area (Å²) in [7, 11) is 0. The molecule has 3 saturated carbocycles. The van der Waals surface area contributed by atoms with Crippen molar-refractivity contribution < 1.29 is 19.4 Å². The van der Waals surface area contributed by atoms with Gasteiger partial charge in [-0.2, -0.15) is 0 Å². The number of carbonyl (C=O) groups excluding carboxylic acids is 1. The van der Waals surface area contributed by atoms with Crippen molar-refractivity contribution in [2.75, 3.05) is 11.4 Å². The van der Waals surface area contributed by atoms with Crippen LogP contribution in [-0.2, 0) is 17.6 Å². The Morgan fingerprint density at radius 1 is 0.958 bits per heavy atom. The Hall–Kier alpha value is -2.92. The second-order valence-electron chi connectivity index (χ2n) is 16.2. The lowest BCUT2D eigenvalue weighted by Gasteiger charge is -2.54. The lowest BCUT2D eigenvalue weighted by molar-refractivity contribution is -0.116. The quantitative estimate of drug-likeness (QED) is 0.214. The van der Waals surface area contributed by atoms with E-state index < -0.39 is 12.3 Å². The highest BCUT2D eigenvalue weighted by molar-refractivity contribution is 5.98. The Kier molecular flexibility index (Phi) is 9.88. The van der Waals surface area contributed by atoms with Gasteiger partial charge < -0.3 is 15.1 Å². The fourth-order valence-electron chi connectivity index (χ4n) is 11.0. The van der Waals surface area contributed by atoms with Crippen LogP contribution in [0.4, 0.5) is 10.1 Å². The normalized spacial score (nSPS) is 30.1. The van der Waals surface area contributed by atoms with E-state index >= 15 is 4.39 Å². The molecule has 48 heavy (non-hydrogen) atoms. The maximum Gasteiger partial charge on any atom is 0.223 e. The second-order valence-corrected chi connectivity index (χ2v) is 16.2. The first-order valence-corrected chi connectivity index (χ1v) is 19.2. The molecule has 1 amide bonds. The minimum Gasteiger partial charge on any atom is -0.508 e. The summed E-state index contributed by atoms with van der Waals surface area (Å²) < 4.78 is 16.2. The molecule has 4 aliphatic rings. The van der Waals surface area contributed by atoms with Crippen LogP contribution >= 0.6 is 0 Å². The van der Waals surface area contributed by atoms with Crippen LogP contribution < -0.4 is 4.90 Å². The largest absolute Gasteiger partial charge is 0.508 e. The number of fused-ring (bicyclic) bond motifs is 6. The Morgan fingerprint density at radius 2 is 1.75 bits per heavy atom. The molecule has 3 fully saturated rings. The molecule has 3 aromatic carbocycles. The number of aliphatic hydroxyl groups is 1. The van der Waals surface area contributed by atoms with Gasteiger partial charge in [-0.15, -0.1) is 0 Å². The third kappa shape index (κ3) is 6.41. The van der Waals surface area contributed by atoms with Crippen LogP contribution in [0.2, 0.25) is 0 Å². The van der Waals surface area contributed by atoms with Crippen molar-refractivity contribution >= 4 is 22.4 Å². The number of hydrogen-bond acceptors (Lipinski definition) is 3. The van der Waals surface area contributed by atoms with Gasteiger partial charge in [0.15, 0.2) is 0 Å². The van der Waals surface area contributed by atoms with Gasteiger partial charge in [0, 0.05) is 25.1 Å². The molecule has 3 aromatic rings. The number of phenolic OH excluding ortho intramolecular Hbond substituents is 1. The molecule has 2 N–H and O–H groups in total. The molecule has 0 spiro atoms. The average molecular weight is 654 g/mol. The van der Waals surface area contributed by atoms with Crippen LogP contribution in [0.15, 0.2) is 54.6 Å². The molecule has 0 bridgehead atoms. The fraction of sp³-hybridized carbons (Fsp3) is 0.605. The number of phenols is 1. The molecule has 7 rings (SSSR count). The number of nitrogens with zero attached hydrogens (tertiary/aromatic N) is 1. The number of aliphatic hydroxyl groups excluding tert-OH is 1. The molecule has 0 unspecified atom stereocenters. The van der Waals surface area contributed by atoms with Crippen LogP contribution in [0.25, 0.3) is 10.8 Å². The lowest BCUT2D eigenvalue weighted by atomic mass is 9.51. The number of alkyl halides is 1. The van der Waals surface area contributed by atoms with Crippen LogP contribution in [0.1, 0.15) is 120 Å². The number of aryl methyl sites for hydroxylation is 1. The van der Waals surface area contributed by atoms with Crippen molar-refractivity contribution in [1.29, 1.82) is 0 Å². The number of aromatic hydroxyl groups is 1. The molecule has 258 valence electrons. The van der Waals surface area contributed by atoms with Gasteiger partial charge in [-0.25, -0.2) is 4.39 Å². The van der Waals surface area contributed by atoms with E-state index in [-0.39, 0.29) is 28.9 Å². The molecule has 0 heterocycles. The van der Waals surface area contributed by atoms with Crippen molar-refractivity contribution in [3.05, 3.63) is 71.3 Å². The zero-order valence-electron chi connectivity index (χ0n) is 29.2. The second kappa shape index (κ2) is 14.1. The minimum absolute atomic E-state index is 0.134. The van der Waals surface area contributed by atoms with E-state index in [0.29, 0.717) is 24.2 Å². The zero-order valence-corrected chi connectivity index (χ0v) is 29.2. The minimum atomic E-state index is -0.960. The number of unbranched alkanes of at least 4 members (excludes halogenated alkanes) is 3.